The second-order valence-corrected chi connectivity index (χ2v) is 7.88. The molecule has 0 amide bonds. The second-order valence-electron chi connectivity index (χ2n) is 7.88. The predicted molar refractivity (Wildman–Crippen MR) is 89.0 cm³/mol. The SMILES string of the molecule is COc1ccc2c(c1)CC[C@@H]1[C-]2CC[C@]23CCC(=O)[C@H]2CC[C-]13.[Li+].[Li+]. The van der Waals surface area contributed by atoms with E-state index >= 15 is 0 Å². The van der Waals surface area contributed by atoms with E-state index in [0.29, 0.717) is 23.0 Å². The largest absolute Gasteiger partial charge is 1.00 e. The van der Waals surface area contributed by atoms with Crippen LogP contribution in [-0.2, 0) is 11.2 Å². The summed E-state index contributed by atoms with van der Waals surface area (Å²) in [6, 6.07) is 6.62. The molecule has 4 heteroatoms. The molecule has 5 rings (SSSR count). The van der Waals surface area contributed by atoms with Crippen LogP contribution in [0, 0.1) is 29.1 Å². The van der Waals surface area contributed by atoms with Crippen LogP contribution in [0.3, 0.4) is 0 Å². The van der Waals surface area contributed by atoms with E-state index in [-0.39, 0.29) is 37.7 Å². The Morgan fingerprint density at radius 3 is 2.76 bits per heavy atom. The van der Waals surface area contributed by atoms with Crippen molar-refractivity contribution in [2.45, 2.75) is 51.4 Å². The summed E-state index contributed by atoms with van der Waals surface area (Å²) >= 11 is 0. The van der Waals surface area contributed by atoms with Crippen molar-refractivity contribution in [3.8, 4) is 5.75 Å². The molecule has 3 saturated carbocycles. The number of carbonyl (C=O) groups excluding carboxylic acids is 1. The minimum Gasteiger partial charge on any atom is -0.499 e. The van der Waals surface area contributed by atoms with E-state index in [0.717, 1.165) is 31.4 Å². The van der Waals surface area contributed by atoms with E-state index in [1.54, 1.807) is 18.9 Å². The van der Waals surface area contributed by atoms with Gasteiger partial charge in [-0.1, -0.05) is 50.7 Å². The van der Waals surface area contributed by atoms with Crippen molar-refractivity contribution in [2.24, 2.45) is 17.3 Å². The van der Waals surface area contributed by atoms with E-state index in [4.69, 9.17) is 4.74 Å². The second kappa shape index (κ2) is 7.05. The number of benzene rings is 1. The van der Waals surface area contributed by atoms with Gasteiger partial charge in [-0.25, -0.2) is 0 Å². The summed E-state index contributed by atoms with van der Waals surface area (Å²) in [6.07, 6.45) is 9.12. The monoisotopic (exact) mass is 322 g/mol. The predicted octanol–water partition coefficient (Wildman–Crippen LogP) is -1.68. The molecule has 0 unspecified atom stereocenters. The van der Waals surface area contributed by atoms with Crippen molar-refractivity contribution in [2.75, 3.05) is 7.11 Å². The van der Waals surface area contributed by atoms with Crippen molar-refractivity contribution in [3.05, 3.63) is 41.2 Å². The maximum absolute atomic E-state index is 12.3. The minimum atomic E-state index is 0. The topological polar surface area (TPSA) is 26.3 Å². The van der Waals surface area contributed by atoms with Crippen molar-refractivity contribution in [1.82, 2.24) is 0 Å². The third kappa shape index (κ3) is 2.68. The zero-order chi connectivity index (χ0) is 15.6. The molecule has 0 radical (unpaired) electrons. The molecule has 25 heavy (non-hydrogen) atoms. The van der Waals surface area contributed by atoms with Gasteiger partial charge in [-0.15, -0.1) is 11.0 Å². The van der Waals surface area contributed by atoms with Crippen LogP contribution in [0.5, 0.6) is 5.75 Å². The number of fused-ring (bicyclic) bond motifs is 4. The Morgan fingerprint density at radius 1 is 1.12 bits per heavy atom. The van der Waals surface area contributed by atoms with Crippen LogP contribution in [0.15, 0.2) is 18.2 Å². The van der Waals surface area contributed by atoms with Gasteiger partial charge < -0.3 is 10.7 Å². The quantitative estimate of drug-likeness (QED) is 0.456. The molecule has 0 saturated heterocycles. The van der Waals surface area contributed by atoms with Crippen LogP contribution in [0.25, 0.3) is 0 Å². The number of hydrogen-bond donors (Lipinski definition) is 0. The first-order valence-corrected chi connectivity index (χ1v) is 9.15. The van der Waals surface area contributed by atoms with E-state index in [2.05, 4.69) is 18.2 Å². The van der Waals surface area contributed by atoms with Crippen molar-refractivity contribution in [3.63, 3.8) is 0 Å². The molecule has 3 atom stereocenters. The number of aryl methyl sites for hydroxylation is 1. The fourth-order valence-corrected chi connectivity index (χ4v) is 6.28. The first kappa shape index (κ1) is 19.5. The van der Waals surface area contributed by atoms with Crippen LogP contribution in [0.4, 0.5) is 0 Å². The molecule has 122 valence electrons. The van der Waals surface area contributed by atoms with E-state index in [1.807, 2.05) is 0 Å². The summed E-state index contributed by atoms with van der Waals surface area (Å²) < 4.78 is 5.40. The molecule has 4 aliphatic carbocycles. The molecule has 0 N–H and O–H groups in total. The molecule has 1 aromatic carbocycles. The Bertz CT molecular complexity index is 674. The molecule has 1 aromatic rings. The third-order valence-corrected chi connectivity index (χ3v) is 7.26. The van der Waals surface area contributed by atoms with Gasteiger partial charge in [-0.3, -0.25) is 4.79 Å². The fourth-order valence-electron chi connectivity index (χ4n) is 6.28. The summed E-state index contributed by atoms with van der Waals surface area (Å²) in [5.41, 5.74) is 3.25. The van der Waals surface area contributed by atoms with Gasteiger partial charge in [-0.2, -0.15) is 29.9 Å². The summed E-state index contributed by atoms with van der Waals surface area (Å²) in [7, 11) is 1.75. The van der Waals surface area contributed by atoms with E-state index in [9.17, 15) is 4.79 Å². The van der Waals surface area contributed by atoms with Gasteiger partial charge in [0.1, 0.15) is 5.78 Å². The number of rotatable bonds is 1. The van der Waals surface area contributed by atoms with E-state index < -0.39 is 0 Å². The molecular weight excluding hydrogens is 298 g/mol. The number of hydrogen-bond acceptors (Lipinski definition) is 2. The molecule has 0 aliphatic heterocycles. The Labute approximate surface area is 175 Å². The molecule has 1 spiro atoms. The molecule has 3 fully saturated rings. The average Bonchev–Trinajstić information content (AvgIpc) is 3.11. The Kier molecular flexibility index (Phi) is 5.51. The Balaban J connectivity index is 0.000000911. The smallest absolute Gasteiger partial charge is 0.499 e. The van der Waals surface area contributed by atoms with Crippen molar-refractivity contribution in [1.29, 1.82) is 0 Å². The number of carbonyl (C=O) groups is 1. The minimum absolute atomic E-state index is 0. The molecule has 4 aliphatic rings. The van der Waals surface area contributed by atoms with Gasteiger partial charge in [0.05, 0.1) is 12.9 Å². The standard InChI is InChI=1S/C21H24O2.2Li/c1-23-14-3-5-15-13(12-14)2-4-17-16(15)8-10-21-11-9-20(22)19(21)7-6-18(17)21;;/h3,5,12,17,19H,2,4,6-11H2,1H3;;/q-2;2*+1/t17-,19-,21-;;/m1../s1. The normalized spacial score (nSPS) is 32.7. The number of ether oxygens (including phenoxy) is 1. The van der Waals surface area contributed by atoms with Gasteiger partial charge in [0.25, 0.3) is 0 Å². The van der Waals surface area contributed by atoms with Gasteiger partial charge in [0.15, 0.2) is 0 Å². The summed E-state index contributed by atoms with van der Waals surface area (Å²) in [5.74, 6) is 5.98. The maximum Gasteiger partial charge on any atom is 1.00 e. The summed E-state index contributed by atoms with van der Waals surface area (Å²) in [6.45, 7) is 0. The molecule has 0 bridgehead atoms. The molecule has 0 aromatic heterocycles. The third-order valence-electron chi connectivity index (χ3n) is 7.26. The zero-order valence-corrected chi connectivity index (χ0v) is 15.9. The van der Waals surface area contributed by atoms with Gasteiger partial charge >= 0.3 is 37.7 Å². The molecule has 2 nitrogen and oxygen atoms in total. The molecular formula is C21H24Li2O2. The number of Topliss-reactive ketones (excluding diaryl/α,β-unsaturated/α-hetero) is 1. The van der Waals surface area contributed by atoms with Gasteiger partial charge in [0, 0.05) is 6.42 Å². The Morgan fingerprint density at radius 2 is 1.96 bits per heavy atom. The molecule has 0 heterocycles. The number of ketones is 1. The van der Waals surface area contributed by atoms with Crippen LogP contribution in [-0.4, -0.2) is 12.9 Å². The maximum atomic E-state index is 12.3. The van der Waals surface area contributed by atoms with Crippen LogP contribution in [0.1, 0.15) is 56.1 Å². The first-order valence-electron chi connectivity index (χ1n) is 9.15. The van der Waals surface area contributed by atoms with Crippen molar-refractivity contribution >= 4 is 5.78 Å². The fraction of sp³-hybridized carbons (Fsp3) is 0.571. The zero-order valence-electron chi connectivity index (χ0n) is 15.9. The van der Waals surface area contributed by atoms with Gasteiger partial charge in [0.2, 0.25) is 0 Å². The van der Waals surface area contributed by atoms with Crippen molar-refractivity contribution < 1.29 is 47.3 Å². The Hall–Kier alpha value is -0.245. The average molecular weight is 322 g/mol. The van der Waals surface area contributed by atoms with Gasteiger partial charge in [-0.05, 0) is 5.92 Å². The summed E-state index contributed by atoms with van der Waals surface area (Å²) in [5, 5.41) is 0. The van der Waals surface area contributed by atoms with Crippen LogP contribution < -0.4 is 42.5 Å². The number of methoxy groups -OCH3 is 1. The van der Waals surface area contributed by atoms with E-state index in [1.165, 1.54) is 36.8 Å². The van der Waals surface area contributed by atoms with Crippen LogP contribution >= 0.6 is 0 Å². The van der Waals surface area contributed by atoms with Crippen LogP contribution in [0.2, 0.25) is 0 Å². The first-order chi connectivity index (χ1) is 11.2. The summed E-state index contributed by atoms with van der Waals surface area (Å²) in [4.78, 5) is 12.3.